The van der Waals surface area contributed by atoms with E-state index < -0.39 is 17.3 Å². The van der Waals surface area contributed by atoms with E-state index in [-0.39, 0.29) is 17.3 Å². The van der Waals surface area contributed by atoms with Crippen molar-refractivity contribution in [2.24, 2.45) is 0 Å². The van der Waals surface area contributed by atoms with Gasteiger partial charge in [0.1, 0.15) is 5.82 Å². The van der Waals surface area contributed by atoms with Crippen molar-refractivity contribution >= 4 is 29.0 Å². The first-order valence-electron chi connectivity index (χ1n) is 8.08. The molecule has 0 fully saturated rings. The SMILES string of the molecule is C[C@H]1CCN(C(=O)COc2cc(F)ccc2[N+](=O)[O-])c2ccccc2S1. The second-order valence-electron chi connectivity index (χ2n) is 5.89. The van der Waals surface area contributed by atoms with Crippen molar-refractivity contribution < 1.29 is 18.8 Å². The fourth-order valence-electron chi connectivity index (χ4n) is 2.72. The van der Waals surface area contributed by atoms with Crippen LogP contribution < -0.4 is 9.64 Å². The number of nitro benzene ring substituents is 1. The van der Waals surface area contributed by atoms with Gasteiger partial charge in [-0.05, 0) is 24.6 Å². The maximum Gasteiger partial charge on any atom is 0.311 e. The van der Waals surface area contributed by atoms with Crippen LogP contribution in [-0.2, 0) is 4.79 Å². The molecule has 8 heteroatoms. The summed E-state index contributed by atoms with van der Waals surface area (Å²) in [6.07, 6.45) is 0.811. The van der Waals surface area contributed by atoms with Crippen LogP contribution in [0.4, 0.5) is 15.8 Å². The number of nitro groups is 1. The molecule has 1 amide bonds. The van der Waals surface area contributed by atoms with Crippen LogP contribution >= 0.6 is 11.8 Å². The number of carbonyl (C=O) groups excluding carboxylic acids is 1. The standard InChI is InChI=1S/C18H17FN2O4S/c1-12-8-9-20(15-4-2-3-5-17(15)26-12)18(22)11-25-16-10-13(19)6-7-14(16)21(23)24/h2-7,10,12H,8-9,11H2,1H3/t12-/m0/s1. The van der Waals surface area contributed by atoms with Crippen LogP contribution in [0.3, 0.4) is 0 Å². The first-order valence-corrected chi connectivity index (χ1v) is 8.96. The molecule has 1 atom stereocenters. The third-order valence-electron chi connectivity index (χ3n) is 4.01. The highest BCUT2D eigenvalue weighted by Crippen LogP contribution is 2.37. The first kappa shape index (κ1) is 18.2. The minimum Gasteiger partial charge on any atom is -0.477 e. The highest BCUT2D eigenvalue weighted by Gasteiger charge is 2.25. The lowest BCUT2D eigenvalue weighted by Crippen LogP contribution is -2.36. The number of carbonyl (C=O) groups is 1. The van der Waals surface area contributed by atoms with Crippen molar-refractivity contribution in [3.05, 3.63) is 58.4 Å². The largest absolute Gasteiger partial charge is 0.477 e. The molecule has 0 bridgehead atoms. The third kappa shape index (κ3) is 3.96. The van der Waals surface area contributed by atoms with Gasteiger partial charge in [0.25, 0.3) is 5.91 Å². The van der Waals surface area contributed by atoms with E-state index in [9.17, 15) is 19.3 Å². The van der Waals surface area contributed by atoms with Gasteiger partial charge in [0.15, 0.2) is 6.61 Å². The smallest absolute Gasteiger partial charge is 0.311 e. The van der Waals surface area contributed by atoms with Crippen molar-refractivity contribution in [2.75, 3.05) is 18.1 Å². The van der Waals surface area contributed by atoms with Gasteiger partial charge in [-0.15, -0.1) is 11.8 Å². The van der Waals surface area contributed by atoms with Crippen molar-refractivity contribution in [1.82, 2.24) is 0 Å². The lowest BCUT2D eigenvalue weighted by atomic mass is 10.2. The normalized spacial score (nSPS) is 16.5. The Morgan fingerprint density at radius 2 is 2.15 bits per heavy atom. The molecule has 0 radical (unpaired) electrons. The Morgan fingerprint density at radius 1 is 1.38 bits per heavy atom. The molecular weight excluding hydrogens is 359 g/mol. The number of anilines is 1. The number of thioether (sulfide) groups is 1. The predicted octanol–water partition coefficient (Wildman–Crippen LogP) is 4.03. The summed E-state index contributed by atoms with van der Waals surface area (Å²) < 4.78 is 18.7. The molecule has 1 aliphatic rings. The van der Waals surface area contributed by atoms with Gasteiger partial charge in [0.05, 0.1) is 10.6 Å². The number of hydrogen-bond donors (Lipinski definition) is 0. The van der Waals surface area contributed by atoms with E-state index in [1.54, 1.807) is 16.7 Å². The quantitative estimate of drug-likeness (QED) is 0.595. The van der Waals surface area contributed by atoms with Gasteiger partial charge in [0, 0.05) is 28.8 Å². The van der Waals surface area contributed by atoms with Crippen LogP contribution in [0, 0.1) is 15.9 Å². The second-order valence-corrected chi connectivity index (χ2v) is 7.37. The lowest BCUT2D eigenvalue weighted by molar-refractivity contribution is -0.385. The number of amides is 1. The molecule has 2 aromatic rings. The summed E-state index contributed by atoms with van der Waals surface area (Å²) in [7, 11) is 0. The van der Waals surface area contributed by atoms with Crippen molar-refractivity contribution in [3.63, 3.8) is 0 Å². The Hall–Kier alpha value is -2.61. The number of rotatable bonds is 4. The van der Waals surface area contributed by atoms with Crippen LogP contribution in [0.1, 0.15) is 13.3 Å². The molecule has 1 aliphatic heterocycles. The van der Waals surface area contributed by atoms with Gasteiger partial charge >= 0.3 is 5.69 Å². The highest BCUT2D eigenvalue weighted by atomic mass is 32.2. The molecular formula is C18H17FN2O4S. The van der Waals surface area contributed by atoms with Gasteiger partial charge in [-0.1, -0.05) is 19.1 Å². The molecule has 1 heterocycles. The minimum atomic E-state index is -0.668. The molecule has 0 N–H and O–H groups in total. The molecule has 0 saturated carbocycles. The maximum absolute atomic E-state index is 13.4. The Morgan fingerprint density at radius 3 is 2.92 bits per heavy atom. The molecule has 136 valence electrons. The molecule has 0 unspecified atom stereocenters. The minimum absolute atomic E-state index is 0.255. The van der Waals surface area contributed by atoms with Crippen LogP contribution in [0.15, 0.2) is 47.4 Å². The van der Waals surface area contributed by atoms with E-state index in [2.05, 4.69) is 6.92 Å². The van der Waals surface area contributed by atoms with Gasteiger partial charge in [0.2, 0.25) is 5.75 Å². The van der Waals surface area contributed by atoms with E-state index in [0.29, 0.717) is 11.8 Å². The molecule has 0 spiro atoms. The van der Waals surface area contributed by atoms with Crippen molar-refractivity contribution in [3.8, 4) is 5.75 Å². The zero-order chi connectivity index (χ0) is 18.7. The van der Waals surface area contributed by atoms with Gasteiger partial charge in [-0.3, -0.25) is 14.9 Å². The van der Waals surface area contributed by atoms with Crippen LogP contribution in [0.5, 0.6) is 5.75 Å². The lowest BCUT2D eigenvalue weighted by Gasteiger charge is -2.22. The summed E-state index contributed by atoms with van der Waals surface area (Å²) in [5.74, 6) is -1.25. The van der Waals surface area contributed by atoms with E-state index >= 15 is 0 Å². The fourth-order valence-corrected chi connectivity index (χ4v) is 3.83. The van der Waals surface area contributed by atoms with Crippen molar-refractivity contribution in [1.29, 1.82) is 0 Å². The number of ether oxygens (including phenoxy) is 1. The Labute approximate surface area is 154 Å². The van der Waals surface area contributed by atoms with E-state index in [1.807, 2.05) is 24.3 Å². The molecule has 0 aliphatic carbocycles. The third-order valence-corrected chi connectivity index (χ3v) is 5.25. The number of nitrogens with zero attached hydrogens (tertiary/aromatic N) is 2. The predicted molar refractivity (Wildman–Crippen MR) is 97.3 cm³/mol. The second kappa shape index (κ2) is 7.74. The molecule has 26 heavy (non-hydrogen) atoms. The Balaban J connectivity index is 1.79. The van der Waals surface area contributed by atoms with Gasteiger partial charge in [-0.25, -0.2) is 4.39 Å². The number of fused-ring (bicyclic) bond motifs is 1. The van der Waals surface area contributed by atoms with Crippen LogP contribution in [-0.4, -0.2) is 29.2 Å². The zero-order valence-electron chi connectivity index (χ0n) is 14.1. The molecule has 6 nitrogen and oxygen atoms in total. The summed E-state index contributed by atoms with van der Waals surface area (Å²) in [5.41, 5.74) is 0.420. The van der Waals surface area contributed by atoms with Crippen molar-refractivity contribution in [2.45, 2.75) is 23.5 Å². The summed E-state index contributed by atoms with van der Waals surface area (Å²) in [5, 5.41) is 11.4. The van der Waals surface area contributed by atoms with Crippen LogP contribution in [0.2, 0.25) is 0 Å². The Kier molecular flexibility index (Phi) is 5.41. The average Bonchev–Trinajstić information content (AvgIpc) is 2.77. The number of halogens is 1. The number of benzene rings is 2. The van der Waals surface area contributed by atoms with E-state index in [1.165, 1.54) is 0 Å². The summed E-state index contributed by atoms with van der Waals surface area (Å²) in [6.45, 7) is 2.22. The average molecular weight is 376 g/mol. The summed E-state index contributed by atoms with van der Waals surface area (Å²) in [6, 6.07) is 10.5. The molecule has 0 saturated heterocycles. The molecule has 3 rings (SSSR count). The first-order chi connectivity index (χ1) is 12.5. The molecule has 0 aromatic heterocycles. The summed E-state index contributed by atoms with van der Waals surface area (Å²) >= 11 is 1.70. The highest BCUT2D eigenvalue weighted by molar-refractivity contribution is 8.00. The number of hydrogen-bond acceptors (Lipinski definition) is 5. The molecule has 2 aromatic carbocycles. The monoisotopic (exact) mass is 376 g/mol. The topological polar surface area (TPSA) is 72.7 Å². The Bertz CT molecular complexity index is 846. The zero-order valence-corrected chi connectivity index (χ0v) is 14.9. The van der Waals surface area contributed by atoms with Gasteiger partial charge < -0.3 is 9.64 Å². The summed E-state index contributed by atoms with van der Waals surface area (Å²) in [4.78, 5) is 25.7. The number of para-hydroxylation sites is 1. The maximum atomic E-state index is 13.4. The van der Waals surface area contributed by atoms with E-state index in [4.69, 9.17) is 4.74 Å². The van der Waals surface area contributed by atoms with E-state index in [0.717, 1.165) is 35.2 Å². The fraction of sp³-hybridized carbons (Fsp3) is 0.278. The van der Waals surface area contributed by atoms with Gasteiger partial charge in [-0.2, -0.15) is 0 Å². The van der Waals surface area contributed by atoms with Crippen LogP contribution in [0.25, 0.3) is 0 Å².